The highest BCUT2D eigenvalue weighted by atomic mass is 15.1. The molecular formula is C16H31N. The molecule has 0 aliphatic carbocycles. The van der Waals surface area contributed by atoms with Gasteiger partial charge < -0.3 is 0 Å². The molecular weight excluding hydrogens is 206 g/mol. The second kappa shape index (κ2) is 4.76. The van der Waals surface area contributed by atoms with Gasteiger partial charge in [0.25, 0.3) is 0 Å². The number of hydrogen-bond acceptors (Lipinski definition) is 1. The van der Waals surface area contributed by atoms with E-state index < -0.39 is 0 Å². The largest absolute Gasteiger partial charge is 0.300 e. The molecule has 0 bridgehead atoms. The molecule has 0 aromatic rings. The summed E-state index contributed by atoms with van der Waals surface area (Å²) in [7, 11) is 2.27. The zero-order valence-electron chi connectivity index (χ0n) is 13.1. The van der Waals surface area contributed by atoms with Crippen molar-refractivity contribution in [2.24, 2.45) is 10.8 Å². The van der Waals surface area contributed by atoms with Crippen molar-refractivity contribution in [1.82, 2.24) is 4.90 Å². The predicted octanol–water partition coefficient (Wildman–Crippen LogP) is 4.49. The van der Waals surface area contributed by atoms with E-state index in [4.69, 9.17) is 0 Å². The Kier molecular flexibility index (Phi) is 4.13. The Morgan fingerprint density at radius 3 is 1.94 bits per heavy atom. The summed E-state index contributed by atoms with van der Waals surface area (Å²) < 4.78 is 0. The van der Waals surface area contributed by atoms with Crippen molar-refractivity contribution in [2.45, 2.75) is 67.3 Å². The molecule has 0 saturated heterocycles. The average molecular weight is 237 g/mol. The van der Waals surface area contributed by atoms with Crippen LogP contribution in [0.15, 0.2) is 11.1 Å². The summed E-state index contributed by atoms with van der Waals surface area (Å²) >= 11 is 0. The third-order valence-electron chi connectivity index (χ3n) is 4.05. The lowest BCUT2D eigenvalue weighted by molar-refractivity contribution is 0.263. The van der Waals surface area contributed by atoms with Gasteiger partial charge in [-0.05, 0) is 49.8 Å². The molecule has 1 aliphatic rings. The van der Waals surface area contributed by atoms with Gasteiger partial charge in [0.2, 0.25) is 0 Å². The van der Waals surface area contributed by atoms with Gasteiger partial charge in [0.1, 0.15) is 0 Å². The topological polar surface area (TPSA) is 3.24 Å². The number of allylic oxidation sites excluding steroid dienone is 1. The van der Waals surface area contributed by atoms with Crippen molar-refractivity contribution in [3.8, 4) is 0 Å². The summed E-state index contributed by atoms with van der Waals surface area (Å²) in [5.41, 5.74) is 3.95. The fourth-order valence-electron chi connectivity index (χ4n) is 3.16. The van der Waals surface area contributed by atoms with Crippen LogP contribution in [0.3, 0.4) is 0 Å². The maximum atomic E-state index is 2.51. The molecule has 0 saturated carbocycles. The van der Waals surface area contributed by atoms with Gasteiger partial charge in [0.05, 0.1) is 0 Å². The van der Waals surface area contributed by atoms with Crippen molar-refractivity contribution < 1.29 is 0 Å². The molecule has 0 fully saturated rings. The number of hydrogen-bond donors (Lipinski definition) is 0. The van der Waals surface area contributed by atoms with Crippen LogP contribution in [0.4, 0.5) is 0 Å². The highest BCUT2D eigenvalue weighted by Gasteiger charge is 2.33. The number of likely N-dealkylation sites (N-methyl/N-ethyl adjacent to an activating group) is 1. The number of rotatable bonds is 0. The van der Waals surface area contributed by atoms with Gasteiger partial charge in [-0.3, -0.25) is 4.90 Å². The van der Waals surface area contributed by atoms with Crippen LogP contribution < -0.4 is 0 Å². The fraction of sp³-hybridized carbons (Fsp3) is 0.875. The first kappa shape index (κ1) is 14.8. The summed E-state index contributed by atoms with van der Waals surface area (Å²) in [5.74, 6) is 0. The molecule has 1 rings (SSSR count). The zero-order chi connectivity index (χ0) is 13.4. The van der Waals surface area contributed by atoms with Crippen LogP contribution in [-0.2, 0) is 0 Å². The maximum Gasteiger partial charge on any atom is 0.0284 e. The van der Waals surface area contributed by atoms with Crippen molar-refractivity contribution in [3.63, 3.8) is 0 Å². The molecule has 100 valence electrons. The molecule has 1 atom stereocenters. The minimum atomic E-state index is 0.278. The molecule has 0 aromatic heterocycles. The lowest BCUT2D eigenvalue weighted by Crippen LogP contribution is -2.35. The zero-order valence-corrected chi connectivity index (χ0v) is 13.1. The predicted molar refractivity (Wildman–Crippen MR) is 77.3 cm³/mol. The third kappa shape index (κ3) is 3.34. The summed E-state index contributed by atoms with van der Waals surface area (Å²) in [4.78, 5) is 2.51. The Hall–Kier alpha value is -0.300. The lowest BCUT2D eigenvalue weighted by atomic mass is 9.71. The van der Waals surface area contributed by atoms with Gasteiger partial charge in [-0.2, -0.15) is 0 Å². The summed E-state index contributed by atoms with van der Waals surface area (Å²) in [5, 5.41) is 0. The van der Waals surface area contributed by atoms with E-state index in [2.05, 4.69) is 60.4 Å². The van der Waals surface area contributed by atoms with Crippen LogP contribution >= 0.6 is 0 Å². The minimum Gasteiger partial charge on any atom is -0.300 e. The third-order valence-corrected chi connectivity index (χ3v) is 4.05. The molecule has 1 nitrogen and oxygen atoms in total. The maximum absolute atomic E-state index is 2.51. The molecule has 0 spiro atoms. The SMILES string of the molecule is CC1C(C(C)(C)C)=C(C(C)(C)C)CCCN1C. The number of nitrogens with zero attached hydrogens (tertiary/aromatic N) is 1. The lowest BCUT2D eigenvalue weighted by Gasteiger charge is -2.37. The van der Waals surface area contributed by atoms with Crippen LogP contribution in [0.25, 0.3) is 0 Å². The van der Waals surface area contributed by atoms with Crippen molar-refractivity contribution in [1.29, 1.82) is 0 Å². The van der Waals surface area contributed by atoms with Gasteiger partial charge in [-0.1, -0.05) is 47.1 Å². The minimum absolute atomic E-state index is 0.278. The molecule has 1 aliphatic heterocycles. The van der Waals surface area contributed by atoms with Gasteiger partial charge >= 0.3 is 0 Å². The standard InChI is InChI=1S/C16H31N/c1-12-14(16(5,6)7)13(15(2,3)4)10-9-11-17(12)8/h12H,9-11H2,1-8H3. The summed E-state index contributed by atoms with van der Waals surface area (Å²) in [6, 6.07) is 0.576. The Morgan fingerprint density at radius 2 is 1.53 bits per heavy atom. The Labute approximate surface area is 108 Å². The second-order valence-corrected chi connectivity index (χ2v) is 7.65. The van der Waals surface area contributed by atoms with Crippen LogP contribution in [0, 0.1) is 10.8 Å². The van der Waals surface area contributed by atoms with E-state index in [-0.39, 0.29) is 5.41 Å². The fourth-order valence-corrected chi connectivity index (χ4v) is 3.16. The molecule has 0 radical (unpaired) electrons. The van der Waals surface area contributed by atoms with Crippen molar-refractivity contribution in [3.05, 3.63) is 11.1 Å². The average Bonchev–Trinajstić information content (AvgIpc) is 2.24. The normalized spacial score (nSPS) is 25.1. The molecule has 0 N–H and O–H groups in total. The Morgan fingerprint density at radius 1 is 1.00 bits per heavy atom. The van der Waals surface area contributed by atoms with E-state index in [0.29, 0.717) is 11.5 Å². The molecule has 1 heteroatoms. The molecule has 0 amide bonds. The quantitative estimate of drug-likeness (QED) is 0.561. The monoisotopic (exact) mass is 237 g/mol. The van der Waals surface area contributed by atoms with Crippen LogP contribution in [0.1, 0.15) is 61.3 Å². The van der Waals surface area contributed by atoms with Crippen molar-refractivity contribution >= 4 is 0 Å². The first-order valence-corrected chi connectivity index (χ1v) is 6.99. The van der Waals surface area contributed by atoms with E-state index in [1.54, 1.807) is 11.1 Å². The first-order chi connectivity index (χ1) is 7.55. The van der Waals surface area contributed by atoms with Crippen LogP contribution in [0.2, 0.25) is 0 Å². The summed E-state index contributed by atoms with van der Waals surface area (Å²) in [6.45, 7) is 17.8. The first-order valence-electron chi connectivity index (χ1n) is 6.99. The molecule has 1 unspecified atom stereocenters. The van der Waals surface area contributed by atoms with Gasteiger partial charge in [0, 0.05) is 6.04 Å². The summed E-state index contributed by atoms with van der Waals surface area (Å²) in [6.07, 6.45) is 2.57. The molecule has 0 aromatic carbocycles. The van der Waals surface area contributed by atoms with Gasteiger partial charge in [-0.25, -0.2) is 0 Å². The van der Waals surface area contributed by atoms with E-state index in [9.17, 15) is 0 Å². The Balaban J connectivity index is 3.34. The van der Waals surface area contributed by atoms with Crippen LogP contribution in [0.5, 0.6) is 0 Å². The van der Waals surface area contributed by atoms with E-state index in [1.807, 2.05) is 0 Å². The van der Waals surface area contributed by atoms with Crippen molar-refractivity contribution in [2.75, 3.05) is 13.6 Å². The highest BCUT2D eigenvalue weighted by Crippen LogP contribution is 2.42. The molecule has 17 heavy (non-hydrogen) atoms. The van der Waals surface area contributed by atoms with E-state index in [0.717, 1.165) is 0 Å². The van der Waals surface area contributed by atoms with Gasteiger partial charge in [0.15, 0.2) is 0 Å². The van der Waals surface area contributed by atoms with E-state index in [1.165, 1.54) is 19.4 Å². The van der Waals surface area contributed by atoms with Crippen LogP contribution in [-0.4, -0.2) is 24.5 Å². The van der Waals surface area contributed by atoms with E-state index >= 15 is 0 Å². The highest BCUT2D eigenvalue weighted by molar-refractivity contribution is 5.30. The smallest absolute Gasteiger partial charge is 0.0284 e. The Bertz CT molecular complexity index is 298. The van der Waals surface area contributed by atoms with Gasteiger partial charge in [-0.15, -0.1) is 0 Å². The molecule has 1 heterocycles. The second-order valence-electron chi connectivity index (χ2n) is 7.65.